The molecule has 1 unspecified atom stereocenters. The van der Waals surface area contributed by atoms with E-state index in [9.17, 15) is 9.18 Å². The zero-order valence-corrected chi connectivity index (χ0v) is 14.7. The van der Waals surface area contributed by atoms with Crippen LogP contribution in [0.15, 0.2) is 42.5 Å². The van der Waals surface area contributed by atoms with Gasteiger partial charge in [-0.05, 0) is 37.3 Å². The fourth-order valence-electron chi connectivity index (χ4n) is 2.08. The Bertz CT molecular complexity index is 708. The van der Waals surface area contributed by atoms with Crippen LogP contribution < -0.4 is 14.8 Å². The fourth-order valence-corrected chi connectivity index (χ4v) is 2.95. The first-order chi connectivity index (χ1) is 11.5. The highest BCUT2D eigenvalue weighted by molar-refractivity contribution is 7.99. The Balaban J connectivity index is 1.98. The van der Waals surface area contributed by atoms with E-state index < -0.39 is 5.82 Å². The quantitative estimate of drug-likeness (QED) is 0.817. The lowest BCUT2D eigenvalue weighted by Crippen LogP contribution is -2.23. The molecule has 0 bridgehead atoms. The molecular formula is C18H20FNO3S. The van der Waals surface area contributed by atoms with E-state index in [0.29, 0.717) is 5.75 Å². The minimum Gasteiger partial charge on any atom is -0.497 e. The molecule has 0 spiro atoms. The molecule has 0 aromatic heterocycles. The number of methoxy groups -OCH3 is 2. The number of hydrogen-bond acceptors (Lipinski definition) is 4. The molecule has 0 saturated carbocycles. The minimum atomic E-state index is -0.447. The Kier molecular flexibility index (Phi) is 6.49. The highest BCUT2D eigenvalue weighted by Gasteiger charge is 2.16. The maximum absolute atomic E-state index is 13.6. The van der Waals surface area contributed by atoms with Crippen molar-refractivity contribution >= 4 is 23.4 Å². The minimum absolute atomic E-state index is 0.189. The predicted octanol–water partition coefficient (Wildman–Crippen LogP) is 4.10. The van der Waals surface area contributed by atoms with Gasteiger partial charge in [-0.25, -0.2) is 4.39 Å². The van der Waals surface area contributed by atoms with E-state index in [2.05, 4.69) is 5.32 Å². The highest BCUT2D eigenvalue weighted by atomic mass is 32.2. The van der Waals surface area contributed by atoms with Gasteiger partial charge in [-0.3, -0.25) is 4.79 Å². The monoisotopic (exact) mass is 349 g/mol. The second-order valence-electron chi connectivity index (χ2n) is 5.10. The third-order valence-electron chi connectivity index (χ3n) is 3.48. The van der Waals surface area contributed by atoms with Crippen LogP contribution in [-0.2, 0) is 10.5 Å². The molecule has 2 rings (SSSR count). The first-order valence-corrected chi connectivity index (χ1v) is 8.48. The summed E-state index contributed by atoms with van der Waals surface area (Å²) in [5.41, 5.74) is 1.13. The van der Waals surface area contributed by atoms with E-state index in [1.165, 1.54) is 23.9 Å². The molecule has 1 N–H and O–H groups in total. The summed E-state index contributed by atoms with van der Waals surface area (Å²) in [6, 6.07) is 11.6. The summed E-state index contributed by atoms with van der Waals surface area (Å²) in [5.74, 6) is 1.36. The Morgan fingerprint density at radius 2 is 1.96 bits per heavy atom. The SMILES string of the molecule is COc1ccc(OC)c(CSC(C)C(=O)Nc2ccccc2F)c1. The van der Waals surface area contributed by atoms with E-state index in [4.69, 9.17) is 9.47 Å². The number of para-hydroxylation sites is 1. The van der Waals surface area contributed by atoms with Crippen LogP contribution >= 0.6 is 11.8 Å². The van der Waals surface area contributed by atoms with Gasteiger partial charge in [-0.15, -0.1) is 11.8 Å². The second-order valence-corrected chi connectivity index (χ2v) is 6.43. The van der Waals surface area contributed by atoms with Gasteiger partial charge in [0.15, 0.2) is 0 Å². The van der Waals surface area contributed by atoms with Crippen molar-refractivity contribution in [1.29, 1.82) is 0 Å². The van der Waals surface area contributed by atoms with Crippen molar-refractivity contribution in [3.63, 3.8) is 0 Å². The lowest BCUT2D eigenvalue weighted by atomic mass is 10.2. The largest absolute Gasteiger partial charge is 0.497 e. The molecule has 24 heavy (non-hydrogen) atoms. The van der Waals surface area contributed by atoms with Gasteiger partial charge in [0, 0.05) is 11.3 Å². The first kappa shape index (κ1) is 18.1. The van der Waals surface area contributed by atoms with Gasteiger partial charge < -0.3 is 14.8 Å². The summed E-state index contributed by atoms with van der Waals surface area (Å²) in [6.45, 7) is 1.79. The maximum Gasteiger partial charge on any atom is 0.237 e. The van der Waals surface area contributed by atoms with Crippen molar-refractivity contribution in [2.75, 3.05) is 19.5 Å². The van der Waals surface area contributed by atoms with Crippen LogP contribution in [0.3, 0.4) is 0 Å². The molecule has 6 heteroatoms. The maximum atomic E-state index is 13.6. The van der Waals surface area contributed by atoms with Crippen LogP contribution in [0.2, 0.25) is 0 Å². The van der Waals surface area contributed by atoms with Crippen molar-refractivity contribution in [3.8, 4) is 11.5 Å². The van der Waals surface area contributed by atoms with Gasteiger partial charge in [0.05, 0.1) is 25.2 Å². The van der Waals surface area contributed by atoms with Crippen molar-refractivity contribution in [3.05, 3.63) is 53.8 Å². The molecule has 0 saturated heterocycles. The van der Waals surface area contributed by atoms with Gasteiger partial charge in [-0.1, -0.05) is 12.1 Å². The summed E-state index contributed by atoms with van der Waals surface area (Å²) in [4.78, 5) is 12.2. The lowest BCUT2D eigenvalue weighted by Gasteiger charge is -2.14. The van der Waals surface area contributed by atoms with E-state index in [1.807, 2.05) is 18.2 Å². The molecule has 0 aliphatic heterocycles. The van der Waals surface area contributed by atoms with E-state index in [0.717, 1.165) is 17.1 Å². The van der Waals surface area contributed by atoms with E-state index in [-0.39, 0.29) is 16.8 Å². The van der Waals surface area contributed by atoms with Crippen molar-refractivity contribution in [2.45, 2.75) is 17.9 Å². The molecule has 1 amide bonds. The number of hydrogen-bond donors (Lipinski definition) is 1. The lowest BCUT2D eigenvalue weighted by molar-refractivity contribution is -0.115. The molecule has 0 radical (unpaired) electrons. The van der Waals surface area contributed by atoms with Crippen LogP contribution in [0.4, 0.5) is 10.1 Å². The zero-order chi connectivity index (χ0) is 17.5. The number of carbonyl (C=O) groups is 1. The van der Waals surface area contributed by atoms with Gasteiger partial charge in [0.1, 0.15) is 17.3 Å². The van der Waals surface area contributed by atoms with Crippen LogP contribution in [0.5, 0.6) is 11.5 Å². The average molecular weight is 349 g/mol. The van der Waals surface area contributed by atoms with Crippen molar-refractivity contribution in [2.24, 2.45) is 0 Å². The third-order valence-corrected chi connectivity index (χ3v) is 4.67. The number of carbonyl (C=O) groups excluding carboxylic acids is 1. The van der Waals surface area contributed by atoms with Crippen LogP contribution in [-0.4, -0.2) is 25.4 Å². The molecule has 1 atom stereocenters. The Morgan fingerprint density at radius 1 is 1.21 bits per heavy atom. The number of rotatable bonds is 7. The van der Waals surface area contributed by atoms with Crippen LogP contribution in [0.1, 0.15) is 12.5 Å². The highest BCUT2D eigenvalue weighted by Crippen LogP contribution is 2.29. The Labute approximate surface area is 145 Å². The van der Waals surface area contributed by atoms with E-state index in [1.54, 1.807) is 33.3 Å². The second kappa shape index (κ2) is 8.59. The zero-order valence-electron chi connectivity index (χ0n) is 13.8. The normalized spacial score (nSPS) is 11.7. The Hall–Kier alpha value is -2.21. The number of benzene rings is 2. The van der Waals surface area contributed by atoms with Gasteiger partial charge >= 0.3 is 0 Å². The van der Waals surface area contributed by atoms with E-state index >= 15 is 0 Å². The first-order valence-electron chi connectivity index (χ1n) is 7.43. The molecule has 0 fully saturated rings. The van der Waals surface area contributed by atoms with Gasteiger partial charge in [-0.2, -0.15) is 0 Å². The van der Waals surface area contributed by atoms with Crippen molar-refractivity contribution in [1.82, 2.24) is 0 Å². The number of amides is 1. The molecule has 0 aliphatic carbocycles. The van der Waals surface area contributed by atoms with Crippen LogP contribution in [0.25, 0.3) is 0 Å². The topological polar surface area (TPSA) is 47.6 Å². The number of ether oxygens (including phenoxy) is 2. The molecule has 4 nitrogen and oxygen atoms in total. The number of thioether (sulfide) groups is 1. The summed E-state index contributed by atoms with van der Waals surface area (Å²) >= 11 is 1.44. The average Bonchev–Trinajstić information content (AvgIpc) is 2.61. The molecule has 2 aromatic rings. The number of nitrogens with one attached hydrogen (secondary N) is 1. The molecule has 2 aromatic carbocycles. The number of halogens is 1. The molecule has 0 aliphatic rings. The number of anilines is 1. The van der Waals surface area contributed by atoms with Gasteiger partial charge in [0.2, 0.25) is 5.91 Å². The third kappa shape index (κ3) is 4.64. The fraction of sp³-hybridized carbons (Fsp3) is 0.278. The van der Waals surface area contributed by atoms with Crippen molar-refractivity contribution < 1.29 is 18.7 Å². The summed E-state index contributed by atoms with van der Waals surface area (Å²) in [7, 11) is 3.20. The molecule has 0 heterocycles. The smallest absolute Gasteiger partial charge is 0.237 e. The molecule has 128 valence electrons. The Morgan fingerprint density at radius 3 is 2.62 bits per heavy atom. The van der Waals surface area contributed by atoms with Crippen LogP contribution in [0, 0.1) is 5.82 Å². The summed E-state index contributed by atoms with van der Waals surface area (Å²) in [6.07, 6.45) is 0. The standard InChI is InChI=1S/C18H20FNO3S/c1-12(18(21)20-16-7-5-4-6-15(16)19)24-11-13-10-14(22-2)8-9-17(13)23-3/h4-10,12H,11H2,1-3H3,(H,20,21). The summed E-state index contributed by atoms with van der Waals surface area (Å²) in [5, 5.41) is 2.26. The predicted molar refractivity (Wildman–Crippen MR) is 95.3 cm³/mol. The summed E-state index contributed by atoms with van der Waals surface area (Å²) < 4.78 is 24.1. The van der Waals surface area contributed by atoms with Gasteiger partial charge in [0.25, 0.3) is 0 Å². The molecular weight excluding hydrogens is 329 g/mol.